The lowest BCUT2D eigenvalue weighted by Gasteiger charge is -2.06. The summed E-state index contributed by atoms with van der Waals surface area (Å²) in [5.74, 6) is 0.774. The smallest absolute Gasteiger partial charge is 0.144 e. The van der Waals surface area contributed by atoms with Gasteiger partial charge in [0.15, 0.2) is 0 Å². The van der Waals surface area contributed by atoms with Crippen molar-refractivity contribution < 1.29 is 4.74 Å². The lowest BCUT2D eigenvalue weighted by Crippen LogP contribution is -2.10. The Morgan fingerprint density at radius 3 is 2.76 bits per heavy atom. The largest absolute Gasteiger partial charge is 0.375 e. The second kappa shape index (κ2) is 6.60. The number of hydrogen-bond donors (Lipinski definition) is 1. The van der Waals surface area contributed by atoms with Crippen LogP contribution in [0.3, 0.4) is 0 Å². The molecule has 0 bridgehead atoms. The molecule has 0 spiro atoms. The fourth-order valence-electron chi connectivity index (χ4n) is 1.41. The molecule has 1 N–H and O–H groups in total. The molecule has 0 aliphatic heterocycles. The van der Waals surface area contributed by atoms with E-state index in [0.29, 0.717) is 13.2 Å². The summed E-state index contributed by atoms with van der Waals surface area (Å²) < 4.78 is 5.53. The van der Waals surface area contributed by atoms with Crippen LogP contribution in [-0.2, 0) is 11.3 Å². The molecule has 1 aromatic heterocycles. The van der Waals surface area contributed by atoms with Crippen LogP contribution < -0.4 is 5.32 Å². The highest BCUT2D eigenvalue weighted by Gasteiger charge is 1.93. The molecule has 0 saturated heterocycles. The van der Waals surface area contributed by atoms with Gasteiger partial charge in [0.2, 0.25) is 0 Å². The maximum Gasteiger partial charge on any atom is 0.144 e. The fraction of sp³-hybridized carbons (Fsp3) is 0.231. The van der Waals surface area contributed by atoms with Gasteiger partial charge in [0.25, 0.3) is 0 Å². The van der Waals surface area contributed by atoms with Crippen LogP contribution >= 0.6 is 0 Å². The quantitative estimate of drug-likeness (QED) is 0.771. The standard InChI is InChI=1S/C13H15N3O/c1-2-4-12(5-3-1)11-17-9-8-16-13-10-14-6-7-15-13/h1-7,10H,8-9,11H2,(H,15,16). The number of benzene rings is 1. The van der Waals surface area contributed by atoms with Crippen molar-refractivity contribution in [2.24, 2.45) is 0 Å². The molecule has 1 heterocycles. The van der Waals surface area contributed by atoms with E-state index in [-0.39, 0.29) is 0 Å². The molecule has 4 nitrogen and oxygen atoms in total. The van der Waals surface area contributed by atoms with Crippen molar-refractivity contribution in [2.45, 2.75) is 6.61 Å². The molecular weight excluding hydrogens is 214 g/mol. The minimum atomic E-state index is 0.642. The van der Waals surface area contributed by atoms with Gasteiger partial charge in [0, 0.05) is 18.9 Å². The van der Waals surface area contributed by atoms with Crippen LogP contribution in [0.25, 0.3) is 0 Å². The third kappa shape index (κ3) is 4.20. The summed E-state index contributed by atoms with van der Waals surface area (Å²) in [4.78, 5) is 8.07. The van der Waals surface area contributed by atoms with Gasteiger partial charge in [-0.05, 0) is 5.56 Å². The van der Waals surface area contributed by atoms with Gasteiger partial charge in [0.1, 0.15) is 5.82 Å². The molecule has 2 rings (SSSR count). The third-order valence-electron chi connectivity index (χ3n) is 2.23. The maximum absolute atomic E-state index is 5.53. The summed E-state index contributed by atoms with van der Waals surface area (Å²) in [6.45, 7) is 2.01. The third-order valence-corrected chi connectivity index (χ3v) is 2.23. The highest BCUT2D eigenvalue weighted by Crippen LogP contribution is 2.00. The van der Waals surface area contributed by atoms with Crippen LogP contribution in [-0.4, -0.2) is 23.1 Å². The zero-order chi connectivity index (χ0) is 11.8. The lowest BCUT2D eigenvalue weighted by molar-refractivity contribution is 0.130. The molecular formula is C13H15N3O. The van der Waals surface area contributed by atoms with Crippen LogP contribution in [0.4, 0.5) is 5.82 Å². The number of anilines is 1. The van der Waals surface area contributed by atoms with Crippen molar-refractivity contribution in [2.75, 3.05) is 18.5 Å². The molecule has 4 heteroatoms. The first-order valence-corrected chi connectivity index (χ1v) is 5.57. The second-order valence-electron chi connectivity index (χ2n) is 3.56. The van der Waals surface area contributed by atoms with E-state index >= 15 is 0 Å². The van der Waals surface area contributed by atoms with Gasteiger partial charge in [-0.2, -0.15) is 0 Å². The molecule has 88 valence electrons. The molecule has 0 atom stereocenters. The molecule has 0 saturated carbocycles. The summed E-state index contributed by atoms with van der Waals surface area (Å²) >= 11 is 0. The molecule has 0 amide bonds. The maximum atomic E-state index is 5.53. The minimum Gasteiger partial charge on any atom is -0.375 e. The average Bonchev–Trinajstić information content (AvgIpc) is 2.41. The number of ether oxygens (including phenoxy) is 1. The molecule has 2 aromatic rings. The topological polar surface area (TPSA) is 47.0 Å². The predicted molar refractivity (Wildman–Crippen MR) is 66.6 cm³/mol. The predicted octanol–water partition coefficient (Wildman–Crippen LogP) is 2.11. The van der Waals surface area contributed by atoms with Crippen LogP contribution in [0.2, 0.25) is 0 Å². The first kappa shape index (κ1) is 11.5. The van der Waals surface area contributed by atoms with E-state index in [0.717, 1.165) is 12.4 Å². The molecule has 0 radical (unpaired) electrons. The Hall–Kier alpha value is -1.94. The first-order valence-electron chi connectivity index (χ1n) is 5.57. The fourth-order valence-corrected chi connectivity index (χ4v) is 1.41. The van der Waals surface area contributed by atoms with Gasteiger partial charge in [-0.3, -0.25) is 4.98 Å². The van der Waals surface area contributed by atoms with Gasteiger partial charge in [-0.25, -0.2) is 4.98 Å². The van der Waals surface area contributed by atoms with Crippen LogP contribution in [0.1, 0.15) is 5.56 Å². The van der Waals surface area contributed by atoms with E-state index in [1.54, 1.807) is 18.6 Å². The van der Waals surface area contributed by atoms with Crippen molar-refractivity contribution in [3.63, 3.8) is 0 Å². The number of hydrogen-bond acceptors (Lipinski definition) is 4. The summed E-state index contributed by atoms with van der Waals surface area (Å²) in [6.07, 6.45) is 5.00. The Kier molecular flexibility index (Phi) is 4.48. The van der Waals surface area contributed by atoms with E-state index < -0.39 is 0 Å². The Bertz CT molecular complexity index is 378. The number of nitrogens with one attached hydrogen (secondary N) is 1. The van der Waals surface area contributed by atoms with Gasteiger partial charge in [-0.15, -0.1) is 0 Å². The minimum absolute atomic E-state index is 0.642. The summed E-state index contributed by atoms with van der Waals surface area (Å²) in [5, 5.41) is 3.13. The highest BCUT2D eigenvalue weighted by atomic mass is 16.5. The molecule has 0 unspecified atom stereocenters. The van der Waals surface area contributed by atoms with Crippen molar-refractivity contribution in [1.29, 1.82) is 0 Å². The van der Waals surface area contributed by atoms with E-state index in [9.17, 15) is 0 Å². The molecule has 0 aliphatic rings. The molecule has 1 aromatic carbocycles. The van der Waals surface area contributed by atoms with Gasteiger partial charge >= 0.3 is 0 Å². The molecule has 0 aliphatic carbocycles. The van der Waals surface area contributed by atoms with Crippen molar-refractivity contribution >= 4 is 5.82 Å². The van der Waals surface area contributed by atoms with E-state index in [1.165, 1.54) is 5.56 Å². The van der Waals surface area contributed by atoms with E-state index in [2.05, 4.69) is 27.4 Å². The van der Waals surface area contributed by atoms with Crippen LogP contribution in [0, 0.1) is 0 Å². The number of rotatable bonds is 6. The summed E-state index contributed by atoms with van der Waals surface area (Å²) in [6, 6.07) is 10.1. The Labute approximate surface area is 101 Å². The molecule has 17 heavy (non-hydrogen) atoms. The Morgan fingerprint density at radius 1 is 1.12 bits per heavy atom. The van der Waals surface area contributed by atoms with Gasteiger partial charge in [-0.1, -0.05) is 30.3 Å². The number of nitrogens with zero attached hydrogens (tertiary/aromatic N) is 2. The lowest BCUT2D eigenvalue weighted by atomic mass is 10.2. The monoisotopic (exact) mass is 229 g/mol. The molecule has 0 fully saturated rings. The van der Waals surface area contributed by atoms with Gasteiger partial charge < -0.3 is 10.1 Å². The average molecular weight is 229 g/mol. The Morgan fingerprint density at radius 2 is 2.00 bits per heavy atom. The van der Waals surface area contributed by atoms with E-state index in [4.69, 9.17) is 4.74 Å². The van der Waals surface area contributed by atoms with Crippen molar-refractivity contribution in [3.05, 3.63) is 54.5 Å². The van der Waals surface area contributed by atoms with Crippen molar-refractivity contribution in [3.8, 4) is 0 Å². The number of aromatic nitrogens is 2. The van der Waals surface area contributed by atoms with Crippen LogP contribution in [0.5, 0.6) is 0 Å². The summed E-state index contributed by atoms with van der Waals surface area (Å²) in [5.41, 5.74) is 1.19. The Balaban J connectivity index is 1.61. The highest BCUT2D eigenvalue weighted by molar-refractivity contribution is 5.29. The second-order valence-corrected chi connectivity index (χ2v) is 3.56. The zero-order valence-corrected chi connectivity index (χ0v) is 9.54. The van der Waals surface area contributed by atoms with Gasteiger partial charge in [0.05, 0.1) is 19.4 Å². The SMILES string of the molecule is c1ccc(COCCNc2cnccn2)cc1. The van der Waals surface area contributed by atoms with Crippen molar-refractivity contribution in [1.82, 2.24) is 9.97 Å². The summed E-state index contributed by atoms with van der Waals surface area (Å²) in [7, 11) is 0. The van der Waals surface area contributed by atoms with Crippen LogP contribution in [0.15, 0.2) is 48.9 Å². The normalized spacial score (nSPS) is 10.1. The first-order chi connectivity index (χ1) is 8.45. The van der Waals surface area contributed by atoms with E-state index in [1.807, 2.05) is 18.2 Å². The zero-order valence-electron chi connectivity index (χ0n) is 9.54.